The molecule has 0 spiro atoms. The molecule has 0 aliphatic carbocycles. The lowest BCUT2D eigenvalue weighted by atomic mass is 10.3. The van der Waals surface area contributed by atoms with E-state index in [1.807, 2.05) is 0 Å². The van der Waals surface area contributed by atoms with E-state index in [0.717, 1.165) is 28.6 Å². The smallest absolute Gasteiger partial charge is 0.234 e. The molecule has 2 aromatic rings. The summed E-state index contributed by atoms with van der Waals surface area (Å²) in [5.74, 6) is -0.801. The number of hydrogen-bond acceptors (Lipinski definition) is 6. The van der Waals surface area contributed by atoms with Crippen LogP contribution in [0.2, 0.25) is 0 Å². The maximum absolute atomic E-state index is 13.4. The summed E-state index contributed by atoms with van der Waals surface area (Å²) in [5.41, 5.74) is -0.0385. The van der Waals surface area contributed by atoms with Crippen LogP contribution in [0, 0.1) is 11.6 Å². The topological polar surface area (TPSA) is 54.9 Å². The number of nitrogens with one attached hydrogen (secondary N) is 1. The van der Waals surface area contributed by atoms with Crippen LogP contribution in [0.5, 0.6) is 0 Å². The number of carbonyl (C=O) groups is 1. The molecule has 0 unspecified atom stereocenters. The molecule has 4 nitrogen and oxygen atoms in total. The predicted molar refractivity (Wildman–Crippen MR) is 86.6 cm³/mol. The molecule has 22 heavy (non-hydrogen) atoms. The zero-order valence-electron chi connectivity index (χ0n) is 11.6. The monoisotopic (exact) mass is 361 g/mol. The van der Waals surface area contributed by atoms with Crippen LogP contribution in [0.1, 0.15) is 13.3 Å². The first kappa shape index (κ1) is 17.2. The molecule has 1 heterocycles. The SMILES string of the molecule is CCCSc1nnc(SCC(=O)Nc2ccc(F)cc2F)s1. The molecule has 0 aliphatic heterocycles. The van der Waals surface area contributed by atoms with Gasteiger partial charge in [-0.1, -0.05) is 41.8 Å². The number of thioether (sulfide) groups is 2. The number of carbonyl (C=O) groups excluding carboxylic acids is 1. The Bertz CT molecular complexity index is 651. The summed E-state index contributed by atoms with van der Waals surface area (Å²) in [4.78, 5) is 11.8. The van der Waals surface area contributed by atoms with Crippen LogP contribution < -0.4 is 5.32 Å². The first-order valence-corrected chi connectivity index (χ1v) is 9.21. The van der Waals surface area contributed by atoms with E-state index in [1.165, 1.54) is 29.2 Å². The van der Waals surface area contributed by atoms with E-state index in [9.17, 15) is 13.6 Å². The summed E-state index contributed by atoms with van der Waals surface area (Å²) >= 11 is 4.29. The number of aromatic nitrogens is 2. The molecule has 0 saturated heterocycles. The quantitative estimate of drug-likeness (QED) is 0.754. The van der Waals surface area contributed by atoms with Crippen LogP contribution >= 0.6 is 34.9 Å². The minimum Gasteiger partial charge on any atom is -0.323 e. The fourth-order valence-electron chi connectivity index (χ4n) is 1.41. The van der Waals surface area contributed by atoms with Crippen LogP contribution in [0.25, 0.3) is 0 Å². The van der Waals surface area contributed by atoms with E-state index < -0.39 is 11.6 Å². The number of rotatable bonds is 7. The van der Waals surface area contributed by atoms with Crippen LogP contribution in [-0.2, 0) is 4.79 Å². The summed E-state index contributed by atoms with van der Waals surface area (Å²) in [6.45, 7) is 2.09. The Balaban J connectivity index is 1.83. The van der Waals surface area contributed by atoms with Crippen molar-refractivity contribution in [3.8, 4) is 0 Å². The van der Waals surface area contributed by atoms with Gasteiger partial charge in [-0.05, 0) is 18.6 Å². The fourth-order valence-corrected chi connectivity index (χ4v) is 4.15. The van der Waals surface area contributed by atoms with Crippen molar-refractivity contribution in [2.24, 2.45) is 0 Å². The molecule has 0 fully saturated rings. The Kier molecular flexibility index (Phi) is 6.59. The summed E-state index contributed by atoms with van der Waals surface area (Å²) in [6, 6.07) is 3.01. The molecule has 2 rings (SSSR count). The minimum absolute atomic E-state index is 0.0385. The molecule has 1 amide bonds. The average molecular weight is 361 g/mol. The maximum Gasteiger partial charge on any atom is 0.234 e. The summed E-state index contributed by atoms with van der Waals surface area (Å²) < 4.78 is 27.7. The van der Waals surface area contributed by atoms with Crippen molar-refractivity contribution in [2.45, 2.75) is 22.0 Å². The zero-order valence-corrected chi connectivity index (χ0v) is 14.1. The van der Waals surface area contributed by atoms with Gasteiger partial charge in [0.25, 0.3) is 0 Å². The molecule has 0 saturated carbocycles. The van der Waals surface area contributed by atoms with Gasteiger partial charge in [0.2, 0.25) is 5.91 Å². The largest absolute Gasteiger partial charge is 0.323 e. The highest BCUT2D eigenvalue weighted by Gasteiger charge is 2.11. The molecule has 0 aliphatic rings. The molecule has 0 atom stereocenters. The Labute approximate surface area is 139 Å². The third-order valence-electron chi connectivity index (χ3n) is 2.35. The highest BCUT2D eigenvalue weighted by atomic mass is 32.2. The predicted octanol–water partition coefficient (Wildman–Crippen LogP) is 4.05. The lowest BCUT2D eigenvalue weighted by Gasteiger charge is -2.05. The van der Waals surface area contributed by atoms with Crippen LogP contribution in [0.3, 0.4) is 0 Å². The van der Waals surface area contributed by atoms with E-state index in [0.29, 0.717) is 4.34 Å². The van der Waals surface area contributed by atoms with Crippen LogP contribution in [0.15, 0.2) is 26.9 Å². The fraction of sp³-hybridized carbons (Fsp3) is 0.308. The Hall–Kier alpha value is -1.19. The van der Waals surface area contributed by atoms with Gasteiger partial charge in [0.05, 0.1) is 11.4 Å². The Morgan fingerprint density at radius 2 is 2.00 bits per heavy atom. The standard InChI is InChI=1S/C13H13F2N3OS3/c1-2-5-20-12-17-18-13(22-12)21-7-11(19)16-10-4-3-8(14)6-9(10)15/h3-4,6H,2,5,7H2,1H3,(H,16,19). The van der Waals surface area contributed by atoms with Crippen LogP contribution in [-0.4, -0.2) is 27.6 Å². The minimum atomic E-state index is -0.799. The lowest BCUT2D eigenvalue weighted by Crippen LogP contribution is -2.15. The summed E-state index contributed by atoms with van der Waals surface area (Å²) in [6.07, 6.45) is 1.05. The molecule has 1 aromatic carbocycles. The zero-order chi connectivity index (χ0) is 15.9. The summed E-state index contributed by atoms with van der Waals surface area (Å²) in [5, 5.41) is 10.4. The van der Waals surface area contributed by atoms with Gasteiger partial charge < -0.3 is 5.32 Å². The van der Waals surface area contributed by atoms with Gasteiger partial charge >= 0.3 is 0 Å². The van der Waals surface area contributed by atoms with Crippen molar-refractivity contribution in [1.82, 2.24) is 10.2 Å². The van der Waals surface area contributed by atoms with Crippen molar-refractivity contribution in [2.75, 3.05) is 16.8 Å². The van der Waals surface area contributed by atoms with Gasteiger partial charge in [-0.2, -0.15) is 0 Å². The highest BCUT2D eigenvalue weighted by molar-refractivity contribution is 8.03. The number of anilines is 1. The van der Waals surface area contributed by atoms with E-state index in [1.54, 1.807) is 11.8 Å². The van der Waals surface area contributed by atoms with Crippen molar-refractivity contribution < 1.29 is 13.6 Å². The van der Waals surface area contributed by atoms with E-state index in [4.69, 9.17) is 0 Å². The van der Waals surface area contributed by atoms with E-state index in [2.05, 4.69) is 22.4 Å². The number of nitrogens with zero attached hydrogens (tertiary/aromatic N) is 2. The lowest BCUT2D eigenvalue weighted by molar-refractivity contribution is -0.113. The number of hydrogen-bond donors (Lipinski definition) is 1. The summed E-state index contributed by atoms with van der Waals surface area (Å²) in [7, 11) is 0. The third-order valence-corrected chi connectivity index (χ3v) is 5.75. The number of halogens is 2. The second-order valence-corrected chi connectivity index (χ2v) is 7.69. The van der Waals surface area contributed by atoms with Crippen molar-refractivity contribution in [3.05, 3.63) is 29.8 Å². The average Bonchev–Trinajstić information content (AvgIpc) is 2.94. The first-order valence-electron chi connectivity index (χ1n) is 6.42. The normalized spacial score (nSPS) is 10.7. The van der Waals surface area contributed by atoms with Gasteiger partial charge in [0.1, 0.15) is 11.6 Å². The van der Waals surface area contributed by atoms with Crippen LogP contribution in [0.4, 0.5) is 14.5 Å². The second-order valence-electron chi connectivity index (χ2n) is 4.14. The molecule has 0 radical (unpaired) electrons. The number of amides is 1. The first-order chi connectivity index (χ1) is 10.6. The molecular weight excluding hydrogens is 348 g/mol. The van der Waals surface area contributed by atoms with Gasteiger partial charge in [-0.25, -0.2) is 8.78 Å². The molecule has 118 valence electrons. The Morgan fingerprint density at radius 1 is 1.27 bits per heavy atom. The van der Waals surface area contributed by atoms with Gasteiger partial charge in [-0.15, -0.1) is 10.2 Å². The molecule has 1 aromatic heterocycles. The molecular formula is C13H13F2N3OS3. The van der Waals surface area contributed by atoms with E-state index in [-0.39, 0.29) is 17.3 Å². The van der Waals surface area contributed by atoms with Crippen molar-refractivity contribution in [1.29, 1.82) is 0 Å². The number of benzene rings is 1. The van der Waals surface area contributed by atoms with E-state index >= 15 is 0 Å². The van der Waals surface area contributed by atoms with Crippen molar-refractivity contribution in [3.63, 3.8) is 0 Å². The highest BCUT2D eigenvalue weighted by Crippen LogP contribution is 2.29. The van der Waals surface area contributed by atoms with Crippen molar-refractivity contribution >= 4 is 46.5 Å². The molecule has 9 heteroatoms. The maximum atomic E-state index is 13.4. The molecule has 0 bridgehead atoms. The third kappa shape index (κ3) is 5.22. The Morgan fingerprint density at radius 3 is 2.68 bits per heavy atom. The van der Waals surface area contributed by atoms with Gasteiger partial charge in [0.15, 0.2) is 8.68 Å². The van der Waals surface area contributed by atoms with Gasteiger partial charge in [-0.3, -0.25) is 4.79 Å². The van der Waals surface area contributed by atoms with Gasteiger partial charge in [0, 0.05) is 11.8 Å². The molecule has 1 N–H and O–H groups in total. The second kappa shape index (κ2) is 8.44.